The first kappa shape index (κ1) is 16.7. The maximum atomic E-state index is 5.37. The third-order valence-electron chi connectivity index (χ3n) is 4.34. The van der Waals surface area contributed by atoms with E-state index in [1.807, 2.05) is 11.9 Å². The molecule has 0 spiro atoms. The molecule has 0 aromatic heterocycles. The molecule has 2 rings (SSSR count). The summed E-state index contributed by atoms with van der Waals surface area (Å²) in [5.41, 5.74) is 2.66. The van der Waals surface area contributed by atoms with Crippen molar-refractivity contribution in [1.82, 2.24) is 4.31 Å². The van der Waals surface area contributed by atoms with Crippen molar-refractivity contribution in [1.29, 1.82) is 0 Å². The summed E-state index contributed by atoms with van der Waals surface area (Å²) in [5, 5.41) is 0. The van der Waals surface area contributed by atoms with E-state index in [-0.39, 0.29) is 0 Å². The van der Waals surface area contributed by atoms with E-state index < -0.39 is 0 Å². The largest absolute Gasteiger partial charge is 0.497 e. The fourth-order valence-electron chi connectivity index (χ4n) is 3.11. The lowest BCUT2D eigenvalue weighted by atomic mass is 10.00. The fourth-order valence-corrected chi connectivity index (χ4v) is 4.33. The lowest BCUT2D eigenvalue weighted by Gasteiger charge is -2.35. The zero-order chi connectivity index (χ0) is 15.2. The minimum absolute atomic E-state index is 0.754. The van der Waals surface area contributed by atoms with Crippen molar-refractivity contribution in [3.63, 3.8) is 0 Å². The summed E-state index contributed by atoms with van der Waals surface area (Å²) in [7, 11) is 1.74. The topological polar surface area (TPSA) is 12.5 Å². The molecule has 1 fully saturated rings. The Hall–Kier alpha value is -0.670. The first-order valence-electron chi connectivity index (χ1n) is 8.25. The number of unbranched alkanes of at least 4 members (excludes halogenated alkanes) is 1. The fraction of sp³-hybridized carbons (Fsp3) is 0.667. The van der Waals surface area contributed by atoms with Gasteiger partial charge in [-0.25, -0.2) is 4.31 Å². The minimum atomic E-state index is 0.754. The Labute approximate surface area is 134 Å². The number of methoxy groups -OCH3 is 1. The molecule has 1 heterocycles. The molecule has 1 atom stereocenters. The number of hydrogen-bond donors (Lipinski definition) is 0. The maximum Gasteiger partial charge on any atom is 0.119 e. The Bertz CT molecular complexity index is 438. The van der Waals surface area contributed by atoms with Crippen LogP contribution in [0.2, 0.25) is 0 Å². The molecule has 0 aliphatic carbocycles. The Morgan fingerprint density at radius 3 is 2.57 bits per heavy atom. The van der Waals surface area contributed by atoms with E-state index in [9.17, 15) is 0 Å². The summed E-state index contributed by atoms with van der Waals surface area (Å²) in [4.78, 5) is 1.42. The van der Waals surface area contributed by atoms with Gasteiger partial charge in [0.2, 0.25) is 0 Å². The van der Waals surface area contributed by atoms with Gasteiger partial charge < -0.3 is 4.74 Å². The van der Waals surface area contributed by atoms with Crippen molar-refractivity contribution in [3.8, 4) is 5.75 Å². The number of nitrogens with zero attached hydrogens (tertiary/aromatic N) is 1. The summed E-state index contributed by atoms with van der Waals surface area (Å²) in [5.74, 6) is 0.968. The van der Waals surface area contributed by atoms with Gasteiger partial charge in [-0.1, -0.05) is 26.2 Å². The van der Waals surface area contributed by atoms with Crippen LogP contribution in [-0.4, -0.2) is 24.0 Å². The van der Waals surface area contributed by atoms with Crippen LogP contribution in [0.5, 0.6) is 5.75 Å². The molecule has 21 heavy (non-hydrogen) atoms. The highest BCUT2D eigenvalue weighted by molar-refractivity contribution is 7.97. The Morgan fingerprint density at radius 1 is 1.24 bits per heavy atom. The molecule has 1 aliphatic heterocycles. The SMILES string of the molecule is CCCCC1CCCCN1Sc1c(C)cc(OC)cc1C. The predicted molar refractivity (Wildman–Crippen MR) is 92.2 cm³/mol. The molecular weight excluding hydrogens is 278 g/mol. The molecule has 2 nitrogen and oxygen atoms in total. The van der Waals surface area contributed by atoms with E-state index in [2.05, 4.69) is 37.2 Å². The summed E-state index contributed by atoms with van der Waals surface area (Å²) in [6.45, 7) is 7.91. The van der Waals surface area contributed by atoms with Crippen LogP contribution < -0.4 is 4.74 Å². The van der Waals surface area contributed by atoms with Gasteiger partial charge >= 0.3 is 0 Å². The molecule has 1 unspecified atom stereocenters. The lowest BCUT2D eigenvalue weighted by molar-refractivity contribution is 0.257. The molecule has 0 bridgehead atoms. The van der Waals surface area contributed by atoms with Crippen molar-refractivity contribution in [2.45, 2.75) is 70.2 Å². The normalized spacial score (nSPS) is 19.7. The van der Waals surface area contributed by atoms with Crippen LogP contribution in [0, 0.1) is 13.8 Å². The van der Waals surface area contributed by atoms with E-state index in [1.165, 1.54) is 61.1 Å². The predicted octanol–water partition coefficient (Wildman–Crippen LogP) is 5.36. The minimum Gasteiger partial charge on any atom is -0.497 e. The monoisotopic (exact) mass is 307 g/mol. The lowest BCUT2D eigenvalue weighted by Crippen LogP contribution is -2.34. The molecule has 0 N–H and O–H groups in total. The third kappa shape index (κ3) is 4.40. The number of piperidine rings is 1. The second-order valence-electron chi connectivity index (χ2n) is 6.11. The van der Waals surface area contributed by atoms with Crippen LogP contribution in [0.4, 0.5) is 0 Å². The van der Waals surface area contributed by atoms with Crippen molar-refractivity contribution in [2.24, 2.45) is 0 Å². The average Bonchev–Trinajstić information content (AvgIpc) is 2.49. The smallest absolute Gasteiger partial charge is 0.119 e. The highest BCUT2D eigenvalue weighted by Gasteiger charge is 2.24. The molecule has 118 valence electrons. The second kappa shape index (κ2) is 8.09. The van der Waals surface area contributed by atoms with Gasteiger partial charge in [-0.15, -0.1) is 0 Å². The zero-order valence-electron chi connectivity index (χ0n) is 13.9. The zero-order valence-corrected chi connectivity index (χ0v) is 14.8. The van der Waals surface area contributed by atoms with Crippen LogP contribution in [0.15, 0.2) is 17.0 Å². The molecule has 1 saturated heterocycles. The quantitative estimate of drug-likeness (QED) is 0.656. The van der Waals surface area contributed by atoms with Crippen molar-refractivity contribution in [2.75, 3.05) is 13.7 Å². The number of rotatable bonds is 6. The van der Waals surface area contributed by atoms with Gasteiger partial charge in [0.25, 0.3) is 0 Å². The molecule has 0 amide bonds. The van der Waals surface area contributed by atoms with Gasteiger partial charge in [-0.3, -0.25) is 0 Å². The summed E-state index contributed by atoms with van der Waals surface area (Å²) in [6.07, 6.45) is 8.09. The molecule has 3 heteroatoms. The van der Waals surface area contributed by atoms with E-state index in [1.54, 1.807) is 7.11 Å². The van der Waals surface area contributed by atoms with Gasteiger partial charge in [-0.05, 0) is 68.3 Å². The Balaban J connectivity index is 2.11. The first-order valence-corrected chi connectivity index (χ1v) is 9.03. The van der Waals surface area contributed by atoms with Crippen molar-refractivity contribution < 1.29 is 4.74 Å². The molecule has 1 aliphatic rings. The molecule has 1 aromatic rings. The van der Waals surface area contributed by atoms with Crippen LogP contribution in [-0.2, 0) is 0 Å². The Morgan fingerprint density at radius 2 is 1.95 bits per heavy atom. The van der Waals surface area contributed by atoms with E-state index in [4.69, 9.17) is 4.74 Å². The highest BCUT2D eigenvalue weighted by atomic mass is 32.2. The van der Waals surface area contributed by atoms with Gasteiger partial charge in [0.1, 0.15) is 5.75 Å². The van der Waals surface area contributed by atoms with Gasteiger partial charge in [0.15, 0.2) is 0 Å². The van der Waals surface area contributed by atoms with Crippen molar-refractivity contribution >= 4 is 11.9 Å². The third-order valence-corrected chi connectivity index (χ3v) is 5.88. The Kier molecular flexibility index (Phi) is 6.43. The van der Waals surface area contributed by atoms with Gasteiger partial charge in [0.05, 0.1) is 7.11 Å². The van der Waals surface area contributed by atoms with E-state index in [0.29, 0.717) is 0 Å². The summed E-state index contributed by atoms with van der Waals surface area (Å²) >= 11 is 1.97. The summed E-state index contributed by atoms with van der Waals surface area (Å²) in [6, 6.07) is 5.06. The molecular formula is C18H29NOS. The maximum absolute atomic E-state index is 5.37. The molecule has 0 radical (unpaired) electrons. The number of benzene rings is 1. The first-order chi connectivity index (χ1) is 10.2. The summed E-state index contributed by atoms with van der Waals surface area (Å²) < 4.78 is 8.01. The number of ether oxygens (including phenoxy) is 1. The number of aryl methyl sites for hydroxylation is 2. The van der Waals surface area contributed by atoms with Crippen LogP contribution >= 0.6 is 11.9 Å². The van der Waals surface area contributed by atoms with Gasteiger partial charge in [0, 0.05) is 17.5 Å². The highest BCUT2D eigenvalue weighted by Crippen LogP contribution is 2.37. The van der Waals surface area contributed by atoms with Crippen LogP contribution in [0.1, 0.15) is 56.6 Å². The number of hydrogen-bond acceptors (Lipinski definition) is 3. The molecule has 1 aromatic carbocycles. The standard InChI is InChI=1S/C18H29NOS/c1-5-6-9-16-10-7-8-11-19(16)21-18-14(2)12-17(20-4)13-15(18)3/h12-13,16H,5-11H2,1-4H3. The molecule has 0 saturated carbocycles. The van der Waals surface area contributed by atoms with E-state index in [0.717, 1.165) is 11.8 Å². The van der Waals surface area contributed by atoms with Crippen LogP contribution in [0.25, 0.3) is 0 Å². The second-order valence-corrected chi connectivity index (χ2v) is 7.17. The van der Waals surface area contributed by atoms with Gasteiger partial charge in [-0.2, -0.15) is 0 Å². The van der Waals surface area contributed by atoms with E-state index >= 15 is 0 Å². The van der Waals surface area contributed by atoms with Crippen LogP contribution in [0.3, 0.4) is 0 Å². The van der Waals surface area contributed by atoms with Crippen molar-refractivity contribution in [3.05, 3.63) is 23.3 Å². The average molecular weight is 308 g/mol.